The van der Waals surface area contributed by atoms with Gasteiger partial charge in [0.2, 0.25) is 5.91 Å². The first-order chi connectivity index (χ1) is 13.0. The first-order valence-electron chi connectivity index (χ1n) is 8.92. The summed E-state index contributed by atoms with van der Waals surface area (Å²) in [6.07, 6.45) is 0. The smallest absolute Gasteiger partial charge is 0.233 e. The lowest BCUT2D eigenvalue weighted by molar-refractivity contribution is -0.120. The van der Waals surface area contributed by atoms with Crippen LogP contribution in [0.4, 0.5) is 0 Å². The third-order valence-corrected chi connectivity index (χ3v) is 5.10. The van der Waals surface area contributed by atoms with Gasteiger partial charge in [-0.2, -0.15) is 0 Å². The zero-order chi connectivity index (χ0) is 19.2. The maximum Gasteiger partial charge on any atom is 0.233 e. The van der Waals surface area contributed by atoms with Crippen molar-refractivity contribution in [2.45, 2.75) is 37.7 Å². The van der Waals surface area contributed by atoms with E-state index in [0.717, 1.165) is 22.5 Å². The van der Waals surface area contributed by atoms with Crippen LogP contribution in [0.15, 0.2) is 65.8 Å². The third kappa shape index (κ3) is 5.41. The van der Waals surface area contributed by atoms with Crippen LogP contribution in [0.1, 0.15) is 23.7 Å². The summed E-state index contributed by atoms with van der Waals surface area (Å²) in [7, 11) is 0. The quantitative estimate of drug-likeness (QED) is 0.505. The minimum Gasteiger partial charge on any atom is -0.351 e. The molecule has 0 saturated heterocycles. The standard InChI is InChI=1S/C22H23N3OS/c1-15-9-11-18(12-10-15)14-23-21(26)17(3)27-22-24-16(2)13-20(25-22)19-7-5-4-6-8-19/h4-13,17H,14H2,1-3H3,(H,23,26). The van der Waals surface area contributed by atoms with Crippen molar-refractivity contribution in [2.75, 3.05) is 0 Å². The van der Waals surface area contributed by atoms with Crippen LogP contribution in [0.5, 0.6) is 0 Å². The molecule has 3 rings (SSSR count). The van der Waals surface area contributed by atoms with Gasteiger partial charge in [-0.3, -0.25) is 4.79 Å². The molecule has 0 radical (unpaired) electrons. The van der Waals surface area contributed by atoms with E-state index in [1.54, 1.807) is 0 Å². The Labute approximate surface area is 164 Å². The normalized spacial score (nSPS) is 11.8. The van der Waals surface area contributed by atoms with Gasteiger partial charge in [0.1, 0.15) is 0 Å². The Morgan fingerprint density at radius 2 is 1.74 bits per heavy atom. The lowest BCUT2D eigenvalue weighted by Gasteiger charge is -2.12. The lowest BCUT2D eigenvalue weighted by atomic mass is 10.1. The number of aromatic nitrogens is 2. The van der Waals surface area contributed by atoms with Gasteiger partial charge in [0.05, 0.1) is 10.9 Å². The van der Waals surface area contributed by atoms with E-state index in [1.165, 1.54) is 17.3 Å². The van der Waals surface area contributed by atoms with Crippen LogP contribution >= 0.6 is 11.8 Å². The molecular weight excluding hydrogens is 354 g/mol. The van der Waals surface area contributed by atoms with Crippen molar-refractivity contribution >= 4 is 17.7 Å². The third-order valence-electron chi connectivity index (χ3n) is 4.14. The monoisotopic (exact) mass is 377 g/mol. The van der Waals surface area contributed by atoms with Crippen molar-refractivity contribution < 1.29 is 4.79 Å². The van der Waals surface area contributed by atoms with Crippen LogP contribution in [0.3, 0.4) is 0 Å². The summed E-state index contributed by atoms with van der Waals surface area (Å²) in [5.74, 6) is -0.0213. The zero-order valence-electron chi connectivity index (χ0n) is 15.8. The van der Waals surface area contributed by atoms with Crippen LogP contribution in [-0.2, 0) is 11.3 Å². The first-order valence-corrected chi connectivity index (χ1v) is 9.80. The summed E-state index contributed by atoms with van der Waals surface area (Å²) in [6, 6.07) is 20.1. The van der Waals surface area contributed by atoms with Crippen LogP contribution < -0.4 is 5.32 Å². The van der Waals surface area contributed by atoms with Crippen LogP contribution in [0, 0.1) is 13.8 Å². The highest BCUT2D eigenvalue weighted by atomic mass is 32.2. The summed E-state index contributed by atoms with van der Waals surface area (Å²) in [5, 5.41) is 3.32. The summed E-state index contributed by atoms with van der Waals surface area (Å²) in [4.78, 5) is 21.5. The molecule has 0 aliphatic heterocycles. The average Bonchev–Trinajstić information content (AvgIpc) is 2.67. The molecule has 2 aromatic carbocycles. The molecule has 4 nitrogen and oxygen atoms in total. The number of amides is 1. The summed E-state index contributed by atoms with van der Waals surface area (Å²) in [5.41, 5.74) is 5.10. The Bertz CT molecular complexity index is 911. The van der Waals surface area contributed by atoms with Gasteiger partial charge < -0.3 is 5.32 Å². The topological polar surface area (TPSA) is 54.9 Å². The van der Waals surface area contributed by atoms with Gasteiger partial charge in [-0.25, -0.2) is 9.97 Å². The molecule has 0 bridgehead atoms. The van der Waals surface area contributed by atoms with Crippen LogP contribution in [0.25, 0.3) is 11.3 Å². The van der Waals surface area contributed by atoms with Gasteiger partial charge >= 0.3 is 0 Å². The van der Waals surface area contributed by atoms with Crippen molar-refractivity contribution in [1.82, 2.24) is 15.3 Å². The highest BCUT2D eigenvalue weighted by molar-refractivity contribution is 8.00. The average molecular weight is 378 g/mol. The molecule has 1 N–H and O–H groups in total. The minimum atomic E-state index is -0.277. The molecule has 1 unspecified atom stereocenters. The molecule has 1 amide bonds. The highest BCUT2D eigenvalue weighted by Gasteiger charge is 2.16. The number of aryl methyl sites for hydroxylation is 2. The largest absolute Gasteiger partial charge is 0.351 e. The number of rotatable bonds is 6. The van der Waals surface area contributed by atoms with Crippen molar-refractivity contribution in [3.63, 3.8) is 0 Å². The second kappa shape index (κ2) is 8.82. The Morgan fingerprint density at radius 3 is 2.44 bits per heavy atom. The van der Waals surface area contributed by atoms with Crippen LogP contribution in [0.2, 0.25) is 0 Å². The van der Waals surface area contributed by atoms with Gasteiger partial charge in [-0.1, -0.05) is 71.9 Å². The second-order valence-corrected chi connectivity index (χ2v) is 7.81. The maximum absolute atomic E-state index is 12.4. The molecule has 0 aliphatic carbocycles. The highest BCUT2D eigenvalue weighted by Crippen LogP contribution is 2.24. The van der Waals surface area contributed by atoms with Crippen molar-refractivity contribution in [3.8, 4) is 11.3 Å². The molecule has 0 fully saturated rings. The van der Waals surface area contributed by atoms with E-state index in [-0.39, 0.29) is 11.2 Å². The summed E-state index contributed by atoms with van der Waals surface area (Å²) < 4.78 is 0. The predicted octanol–water partition coefficient (Wildman–Crippen LogP) is 4.56. The fourth-order valence-electron chi connectivity index (χ4n) is 2.60. The predicted molar refractivity (Wildman–Crippen MR) is 111 cm³/mol. The Kier molecular flexibility index (Phi) is 6.24. The lowest BCUT2D eigenvalue weighted by Crippen LogP contribution is -2.30. The van der Waals surface area contributed by atoms with E-state index in [2.05, 4.69) is 15.3 Å². The molecule has 1 aromatic heterocycles. The van der Waals surface area contributed by atoms with Crippen molar-refractivity contribution in [2.24, 2.45) is 0 Å². The van der Waals surface area contributed by atoms with E-state index < -0.39 is 0 Å². The van der Waals surface area contributed by atoms with E-state index in [4.69, 9.17) is 0 Å². The SMILES string of the molecule is Cc1ccc(CNC(=O)C(C)Sc2nc(C)cc(-c3ccccc3)n2)cc1. The molecule has 5 heteroatoms. The number of carbonyl (C=O) groups excluding carboxylic acids is 1. The second-order valence-electron chi connectivity index (χ2n) is 6.51. The first kappa shape index (κ1) is 19.1. The summed E-state index contributed by atoms with van der Waals surface area (Å²) >= 11 is 1.38. The number of benzene rings is 2. The zero-order valence-corrected chi connectivity index (χ0v) is 16.6. The summed E-state index contributed by atoms with van der Waals surface area (Å²) in [6.45, 7) is 6.39. The van der Waals surface area contributed by atoms with Gasteiger partial charge in [0, 0.05) is 17.8 Å². The number of thioether (sulfide) groups is 1. The van der Waals surface area contributed by atoms with E-state index in [1.807, 2.05) is 81.4 Å². The van der Waals surface area contributed by atoms with Gasteiger partial charge in [0.25, 0.3) is 0 Å². The number of nitrogens with one attached hydrogen (secondary N) is 1. The Balaban J connectivity index is 1.64. The molecule has 27 heavy (non-hydrogen) atoms. The van der Waals surface area contributed by atoms with E-state index >= 15 is 0 Å². The molecule has 0 aliphatic rings. The van der Waals surface area contributed by atoms with Gasteiger partial charge in [-0.15, -0.1) is 0 Å². The molecule has 1 atom stereocenters. The van der Waals surface area contributed by atoms with Gasteiger partial charge in [0.15, 0.2) is 5.16 Å². The molecule has 1 heterocycles. The van der Waals surface area contributed by atoms with E-state index in [9.17, 15) is 4.79 Å². The van der Waals surface area contributed by atoms with E-state index in [0.29, 0.717) is 11.7 Å². The molecule has 0 saturated carbocycles. The minimum absolute atomic E-state index is 0.0213. The number of nitrogens with zero attached hydrogens (tertiary/aromatic N) is 2. The van der Waals surface area contributed by atoms with Crippen LogP contribution in [-0.4, -0.2) is 21.1 Å². The molecule has 3 aromatic rings. The Hall–Kier alpha value is -2.66. The molecule has 0 spiro atoms. The number of carbonyl (C=O) groups is 1. The maximum atomic E-state index is 12.4. The van der Waals surface area contributed by atoms with Crippen molar-refractivity contribution in [3.05, 3.63) is 77.5 Å². The number of hydrogen-bond acceptors (Lipinski definition) is 4. The molecule has 138 valence electrons. The molecular formula is C22H23N3OS. The Morgan fingerprint density at radius 1 is 1.04 bits per heavy atom. The number of hydrogen-bond donors (Lipinski definition) is 1. The van der Waals surface area contributed by atoms with Crippen molar-refractivity contribution in [1.29, 1.82) is 0 Å². The fourth-order valence-corrected chi connectivity index (χ4v) is 3.46. The fraction of sp³-hybridized carbons (Fsp3) is 0.227. The van der Waals surface area contributed by atoms with Gasteiger partial charge in [-0.05, 0) is 32.4 Å².